The van der Waals surface area contributed by atoms with E-state index in [4.69, 9.17) is 19.9 Å². The molecular weight excluding hydrogens is 546 g/mol. The van der Waals surface area contributed by atoms with Gasteiger partial charge in [0, 0.05) is 5.75 Å². The number of hydrogen-bond donors (Lipinski definition) is 2. The Balaban J connectivity index is 1.56. The second-order valence-corrected chi connectivity index (χ2v) is 11.6. The minimum Gasteiger partial charge on any atom is -0.458 e. The van der Waals surface area contributed by atoms with Crippen LogP contribution in [-0.4, -0.2) is 64.3 Å². The molecule has 2 aliphatic heterocycles. The highest BCUT2D eigenvalue weighted by molar-refractivity contribution is 8.00. The number of nitrogens with two attached hydrogens (primary N) is 1. The summed E-state index contributed by atoms with van der Waals surface area (Å²) in [6.45, 7) is 8.19. The molecule has 216 valence electrons. The number of benzene rings is 2. The van der Waals surface area contributed by atoms with Gasteiger partial charge >= 0.3 is 18.0 Å². The van der Waals surface area contributed by atoms with Gasteiger partial charge < -0.3 is 25.3 Å². The fraction of sp³-hybridized carbons (Fsp3) is 0.333. The molecule has 4 rings (SSSR count). The fourth-order valence-electron chi connectivity index (χ4n) is 4.31. The highest BCUT2D eigenvalue weighted by Crippen LogP contribution is 2.40. The van der Waals surface area contributed by atoms with E-state index in [1.165, 1.54) is 22.7 Å². The van der Waals surface area contributed by atoms with Crippen LogP contribution in [0.15, 0.2) is 84.6 Å². The Bertz CT molecular complexity index is 1300. The van der Waals surface area contributed by atoms with Gasteiger partial charge in [-0.1, -0.05) is 73.3 Å². The molecule has 0 aliphatic carbocycles. The lowest BCUT2D eigenvalue weighted by Gasteiger charge is -2.48. The molecule has 3 N–H and O–H groups in total. The number of rotatable bonds is 9. The molecule has 10 nitrogen and oxygen atoms in total. The van der Waals surface area contributed by atoms with Gasteiger partial charge in [-0.05, 0) is 37.5 Å². The van der Waals surface area contributed by atoms with Crippen LogP contribution < -0.4 is 11.1 Å². The molecule has 2 aliphatic rings. The minimum atomic E-state index is -1.42. The van der Waals surface area contributed by atoms with Gasteiger partial charge in [-0.15, -0.1) is 11.8 Å². The van der Waals surface area contributed by atoms with Gasteiger partial charge in [0.15, 0.2) is 12.1 Å². The van der Waals surface area contributed by atoms with Gasteiger partial charge in [0.2, 0.25) is 5.91 Å². The van der Waals surface area contributed by atoms with E-state index in [-0.39, 0.29) is 5.70 Å². The molecule has 0 radical (unpaired) electrons. The quantitative estimate of drug-likeness (QED) is 0.260. The SMILES string of the molecule is C=CC1=C(C(=O)OCC(NC(=O)OC(C)(C)C)C(=O)OC(c2ccccc2)c2ccccc2)N2C(=O)C(N)[C@H]2SC1. The van der Waals surface area contributed by atoms with Gasteiger partial charge in [-0.3, -0.25) is 9.69 Å². The zero-order chi connectivity index (χ0) is 29.7. The lowest BCUT2D eigenvalue weighted by atomic mass is 10.0. The van der Waals surface area contributed by atoms with Crippen molar-refractivity contribution in [2.45, 2.75) is 49.9 Å². The lowest BCUT2D eigenvalue weighted by Crippen LogP contribution is -2.68. The Morgan fingerprint density at radius 1 is 1.10 bits per heavy atom. The van der Waals surface area contributed by atoms with Crippen molar-refractivity contribution in [2.24, 2.45) is 5.73 Å². The van der Waals surface area contributed by atoms with E-state index in [9.17, 15) is 19.2 Å². The molecule has 2 aromatic carbocycles. The summed E-state index contributed by atoms with van der Waals surface area (Å²) in [5.41, 5.74) is 6.99. The summed E-state index contributed by atoms with van der Waals surface area (Å²) in [4.78, 5) is 53.2. The number of esters is 2. The van der Waals surface area contributed by atoms with Crippen molar-refractivity contribution in [3.63, 3.8) is 0 Å². The lowest BCUT2D eigenvalue weighted by molar-refractivity contribution is -0.156. The van der Waals surface area contributed by atoms with E-state index < -0.39 is 59.7 Å². The Hall–Kier alpha value is -4.09. The highest BCUT2D eigenvalue weighted by atomic mass is 32.2. The van der Waals surface area contributed by atoms with Crippen LogP contribution in [0.1, 0.15) is 38.0 Å². The molecule has 3 atom stereocenters. The number of thioether (sulfide) groups is 1. The number of carbonyl (C=O) groups is 4. The number of nitrogens with one attached hydrogen (secondary N) is 1. The number of carbonyl (C=O) groups excluding carboxylic acids is 4. The molecule has 1 saturated heterocycles. The van der Waals surface area contributed by atoms with Crippen LogP contribution in [0.25, 0.3) is 0 Å². The van der Waals surface area contributed by atoms with Gasteiger partial charge in [-0.25, -0.2) is 14.4 Å². The average Bonchev–Trinajstić information content (AvgIpc) is 2.96. The maximum Gasteiger partial charge on any atom is 0.408 e. The number of hydrogen-bond acceptors (Lipinski definition) is 9. The molecule has 0 saturated carbocycles. The number of nitrogens with zero attached hydrogens (tertiary/aromatic N) is 1. The Kier molecular flexibility index (Phi) is 9.19. The Labute approximate surface area is 242 Å². The molecule has 2 aromatic rings. The molecule has 2 unspecified atom stereocenters. The van der Waals surface area contributed by atoms with Crippen molar-refractivity contribution in [1.82, 2.24) is 10.2 Å². The summed E-state index contributed by atoms with van der Waals surface area (Å²) in [6, 6.07) is 16.1. The second-order valence-electron chi connectivity index (χ2n) is 10.4. The van der Waals surface area contributed by atoms with E-state index in [2.05, 4.69) is 11.9 Å². The standard InChI is InChI=1S/C30H33N3O7S/c1-5-18-17-41-26-22(31)25(34)33(26)23(18)28(36)38-16-21(32-29(37)40-30(2,3)4)27(35)39-24(19-12-8-6-9-13-19)20-14-10-7-11-15-20/h5-15,21-22,24,26H,1,16-17,31H2,2-4H3,(H,32,37)/t21?,22?,26-/m1/s1. The Morgan fingerprint density at radius 3 is 2.22 bits per heavy atom. The number of allylic oxidation sites excluding steroid dienone is 1. The molecular formula is C30H33N3O7S. The van der Waals surface area contributed by atoms with Crippen LogP contribution in [0, 0.1) is 0 Å². The largest absolute Gasteiger partial charge is 0.458 e. The zero-order valence-corrected chi connectivity index (χ0v) is 23.9. The predicted octanol–water partition coefficient (Wildman–Crippen LogP) is 3.44. The summed E-state index contributed by atoms with van der Waals surface area (Å²) >= 11 is 1.42. The van der Waals surface area contributed by atoms with Crippen molar-refractivity contribution >= 4 is 35.7 Å². The van der Waals surface area contributed by atoms with Crippen molar-refractivity contribution in [2.75, 3.05) is 12.4 Å². The van der Waals surface area contributed by atoms with Gasteiger partial charge in [0.05, 0.1) is 0 Å². The van der Waals surface area contributed by atoms with Crippen molar-refractivity contribution < 1.29 is 33.4 Å². The Morgan fingerprint density at radius 2 is 1.68 bits per heavy atom. The van der Waals surface area contributed by atoms with Crippen molar-refractivity contribution in [3.8, 4) is 0 Å². The molecule has 11 heteroatoms. The highest BCUT2D eigenvalue weighted by Gasteiger charge is 2.51. The molecule has 0 aromatic heterocycles. The van der Waals surface area contributed by atoms with Crippen LogP contribution in [0.4, 0.5) is 4.79 Å². The number of fused-ring (bicyclic) bond motifs is 1. The first-order valence-corrected chi connectivity index (χ1v) is 14.1. The predicted molar refractivity (Wildman–Crippen MR) is 153 cm³/mol. The first kappa shape index (κ1) is 29.9. The number of alkyl carbamates (subject to hydrolysis) is 1. The van der Waals surface area contributed by atoms with Crippen molar-refractivity contribution in [1.29, 1.82) is 0 Å². The summed E-state index contributed by atoms with van der Waals surface area (Å²) in [7, 11) is 0. The number of ether oxygens (including phenoxy) is 3. The van der Waals surface area contributed by atoms with E-state index in [1.54, 1.807) is 20.8 Å². The summed E-state index contributed by atoms with van der Waals surface area (Å²) < 4.78 is 16.7. The maximum atomic E-state index is 13.5. The third kappa shape index (κ3) is 6.98. The number of β-lactam (4-membered cyclic amide) rings is 1. The first-order chi connectivity index (χ1) is 19.5. The van der Waals surface area contributed by atoms with E-state index in [0.29, 0.717) is 22.5 Å². The molecule has 0 bridgehead atoms. The van der Waals surface area contributed by atoms with E-state index >= 15 is 0 Å². The number of amides is 2. The summed E-state index contributed by atoms with van der Waals surface area (Å²) in [6.07, 6.45) is -0.211. The summed E-state index contributed by atoms with van der Waals surface area (Å²) in [5.74, 6) is -1.70. The fourth-order valence-corrected chi connectivity index (χ4v) is 5.60. The van der Waals surface area contributed by atoms with Crippen LogP contribution in [0.2, 0.25) is 0 Å². The maximum absolute atomic E-state index is 13.5. The average molecular weight is 580 g/mol. The topological polar surface area (TPSA) is 137 Å². The first-order valence-electron chi connectivity index (χ1n) is 13.0. The van der Waals surface area contributed by atoms with Crippen LogP contribution in [-0.2, 0) is 28.6 Å². The van der Waals surface area contributed by atoms with Gasteiger partial charge in [0.25, 0.3) is 0 Å². The normalized spacial score (nSPS) is 19.0. The van der Waals surface area contributed by atoms with Crippen LogP contribution in [0.5, 0.6) is 0 Å². The summed E-state index contributed by atoms with van der Waals surface area (Å²) in [5, 5.41) is 2.06. The molecule has 41 heavy (non-hydrogen) atoms. The van der Waals surface area contributed by atoms with Crippen LogP contribution in [0.3, 0.4) is 0 Å². The van der Waals surface area contributed by atoms with Gasteiger partial charge in [-0.2, -0.15) is 0 Å². The minimum absolute atomic E-state index is 0.0197. The molecule has 1 fully saturated rings. The van der Waals surface area contributed by atoms with E-state index in [0.717, 1.165) is 0 Å². The molecule has 2 amide bonds. The van der Waals surface area contributed by atoms with Crippen molar-refractivity contribution in [3.05, 3.63) is 95.7 Å². The third-order valence-corrected chi connectivity index (χ3v) is 7.60. The molecule has 0 spiro atoms. The smallest absolute Gasteiger partial charge is 0.408 e. The second kappa shape index (κ2) is 12.6. The molecule has 2 heterocycles. The van der Waals surface area contributed by atoms with Crippen LogP contribution >= 0.6 is 11.8 Å². The van der Waals surface area contributed by atoms with E-state index in [1.807, 2.05) is 60.7 Å². The third-order valence-electron chi connectivity index (χ3n) is 6.27. The zero-order valence-electron chi connectivity index (χ0n) is 23.1. The van der Waals surface area contributed by atoms with Gasteiger partial charge in [0.1, 0.15) is 29.3 Å². The monoisotopic (exact) mass is 579 g/mol.